The van der Waals surface area contributed by atoms with Crippen LogP contribution in [0.4, 0.5) is 0 Å². The van der Waals surface area contributed by atoms with Crippen LogP contribution in [0.2, 0.25) is 0 Å². The Morgan fingerprint density at radius 2 is 1.69 bits per heavy atom. The molecule has 5 rings (SSSR count). The highest BCUT2D eigenvalue weighted by Gasteiger charge is 2.68. The number of fused-ring (bicyclic) bond motifs is 5. The van der Waals surface area contributed by atoms with Crippen LogP contribution in [0.15, 0.2) is 42.0 Å². The molecule has 0 unspecified atom stereocenters. The van der Waals surface area contributed by atoms with Crippen LogP contribution < -0.4 is 10.6 Å². The second-order valence-corrected chi connectivity index (χ2v) is 15.9. The third-order valence-electron chi connectivity index (χ3n) is 12.6. The highest BCUT2D eigenvalue weighted by atomic mass is 16.5. The molecule has 0 aromatic heterocycles. The Hall–Kier alpha value is -3.90. The van der Waals surface area contributed by atoms with Crippen molar-refractivity contribution in [2.45, 2.75) is 116 Å². The van der Waals surface area contributed by atoms with Crippen molar-refractivity contribution in [1.82, 2.24) is 10.6 Å². The summed E-state index contributed by atoms with van der Waals surface area (Å²) in [7, 11) is 0. The second kappa shape index (κ2) is 15.0. The number of rotatable bonds is 13. The number of carboxylic acid groups (broad SMARTS) is 1. The molecular weight excluding hydrogens is 656 g/mol. The van der Waals surface area contributed by atoms with Crippen molar-refractivity contribution in [2.24, 2.45) is 34.5 Å². The monoisotopic (exact) mass is 708 g/mol. The van der Waals surface area contributed by atoms with E-state index >= 15 is 0 Å². The van der Waals surface area contributed by atoms with Crippen molar-refractivity contribution in [3.8, 4) is 0 Å². The van der Waals surface area contributed by atoms with E-state index in [1.54, 1.807) is 50.3 Å². The highest BCUT2D eigenvalue weighted by Crippen LogP contribution is 2.67. The van der Waals surface area contributed by atoms with Crippen LogP contribution in [0.25, 0.3) is 0 Å². The number of aliphatic carboxylic acids is 1. The number of aliphatic hydroxyl groups is 2. The van der Waals surface area contributed by atoms with Gasteiger partial charge in [0.25, 0.3) is 0 Å². The molecule has 12 heteroatoms. The zero-order chi connectivity index (χ0) is 37.3. The first-order valence-corrected chi connectivity index (χ1v) is 18.2. The van der Waals surface area contributed by atoms with Crippen molar-refractivity contribution in [3.63, 3.8) is 0 Å². The summed E-state index contributed by atoms with van der Waals surface area (Å²) in [5.41, 5.74) is -1.20. The van der Waals surface area contributed by atoms with Crippen molar-refractivity contribution < 1.29 is 48.8 Å². The quantitative estimate of drug-likeness (QED) is 0.190. The molecule has 9 atom stereocenters. The maximum atomic E-state index is 13.6. The standard InChI is InChI=1S/C39H52N2O10/c1-22(2)34(35(47)40-28(36(48)49)18-23-8-6-5-7-9-23)41-31(45)12-13-32(46)51-21-30(44)39(50)17-15-27-26-11-10-24-19-25(42)14-16-37(24,3)33(26)29(43)20-38(27,39)4/h5-9,19,22,26-29,33-34,43,50H,10-18,20-21H2,1-4H3,(H,40,47)(H,41,45)(H,48,49)/t26-,27-,28+,29+,33-,34+,37+,38+,39-/m1/s1. The van der Waals surface area contributed by atoms with Gasteiger partial charge in [-0.1, -0.05) is 63.6 Å². The van der Waals surface area contributed by atoms with E-state index in [2.05, 4.69) is 17.6 Å². The molecule has 0 spiro atoms. The number of hydrogen-bond acceptors (Lipinski definition) is 9. The normalized spacial score (nSPS) is 32.4. The molecule has 4 aliphatic carbocycles. The number of aliphatic hydroxyl groups excluding tert-OH is 1. The van der Waals surface area contributed by atoms with Crippen LogP contribution in [-0.4, -0.2) is 81.0 Å². The molecule has 278 valence electrons. The van der Waals surface area contributed by atoms with Gasteiger partial charge in [0.1, 0.15) is 17.7 Å². The van der Waals surface area contributed by atoms with Crippen molar-refractivity contribution in [2.75, 3.05) is 6.61 Å². The molecule has 0 heterocycles. The number of nitrogens with one attached hydrogen (secondary N) is 2. The first kappa shape index (κ1) is 38.3. The third-order valence-corrected chi connectivity index (χ3v) is 12.6. The van der Waals surface area contributed by atoms with E-state index in [4.69, 9.17) is 4.74 Å². The van der Waals surface area contributed by atoms with E-state index in [0.717, 1.165) is 24.0 Å². The highest BCUT2D eigenvalue weighted by molar-refractivity contribution is 5.93. The van der Waals surface area contributed by atoms with E-state index in [9.17, 15) is 44.1 Å². The van der Waals surface area contributed by atoms with Gasteiger partial charge in [-0.25, -0.2) is 4.79 Å². The molecular formula is C39H52N2O10. The zero-order valence-corrected chi connectivity index (χ0v) is 30.0. The lowest BCUT2D eigenvalue weighted by molar-refractivity contribution is -0.184. The number of ketones is 2. The zero-order valence-electron chi connectivity index (χ0n) is 30.0. The molecule has 3 fully saturated rings. The van der Waals surface area contributed by atoms with Crippen molar-refractivity contribution in [3.05, 3.63) is 47.5 Å². The van der Waals surface area contributed by atoms with Gasteiger partial charge >= 0.3 is 11.9 Å². The fraction of sp³-hybridized carbons (Fsp3) is 0.641. The number of allylic oxidation sites excluding steroid dienone is 1. The van der Waals surface area contributed by atoms with Crippen LogP contribution in [-0.2, 0) is 39.9 Å². The third kappa shape index (κ3) is 7.53. The molecule has 51 heavy (non-hydrogen) atoms. The fourth-order valence-corrected chi connectivity index (χ4v) is 9.80. The predicted molar refractivity (Wildman–Crippen MR) is 185 cm³/mol. The second-order valence-electron chi connectivity index (χ2n) is 15.9. The van der Waals surface area contributed by atoms with Crippen LogP contribution >= 0.6 is 0 Å². The molecule has 3 saturated carbocycles. The number of ether oxygens (including phenoxy) is 1. The fourth-order valence-electron chi connectivity index (χ4n) is 9.80. The Morgan fingerprint density at radius 1 is 0.980 bits per heavy atom. The number of esters is 1. The number of Topliss-reactive ketones (excluding diaryl/α,β-unsaturated/α-hetero) is 1. The topological polar surface area (TPSA) is 196 Å². The minimum Gasteiger partial charge on any atom is -0.480 e. The number of carbonyl (C=O) groups is 6. The van der Waals surface area contributed by atoms with Crippen molar-refractivity contribution >= 4 is 35.3 Å². The first-order chi connectivity index (χ1) is 24.0. The van der Waals surface area contributed by atoms with E-state index in [0.29, 0.717) is 19.3 Å². The molecule has 1 aromatic carbocycles. The van der Waals surface area contributed by atoms with Gasteiger partial charge in [-0.2, -0.15) is 0 Å². The summed E-state index contributed by atoms with van der Waals surface area (Å²) in [4.78, 5) is 76.1. The van der Waals surface area contributed by atoms with Gasteiger partial charge in [-0.05, 0) is 79.3 Å². The average molecular weight is 709 g/mol. The number of carbonyl (C=O) groups excluding carboxylic acids is 5. The molecule has 0 saturated heterocycles. The molecule has 0 aliphatic heterocycles. The summed E-state index contributed by atoms with van der Waals surface area (Å²) in [6, 6.07) is 6.57. The Morgan fingerprint density at radius 3 is 2.35 bits per heavy atom. The van der Waals surface area contributed by atoms with E-state index < -0.39 is 71.3 Å². The Labute approximate surface area is 298 Å². The summed E-state index contributed by atoms with van der Waals surface area (Å²) in [6.45, 7) is 6.71. The van der Waals surface area contributed by atoms with Gasteiger partial charge in [0.2, 0.25) is 17.6 Å². The molecule has 12 nitrogen and oxygen atoms in total. The molecule has 0 radical (unpaired) electrons. The lowest BCUT2D eigenvalue weighted by Gasteiger charge is -2.60. The van der Waals surface area contributed by atoms with Crippen LogP contribution in [0.5, 0.6) is 0 Å². The summed E-state index contributed by atoms with van der Waals surface area (Å²) < 4.78 is 5.25. The Bertz CT molecular complexity index is 1570. The molecule has 4 aliphatic rings. The van der Waals surface area contributed by atoms with Gasteiger partial charge < -0.3 is 30.7 Å². The largest absolute Gasteiger partial charge is 0.480 e. The molecule has 0 bridgehead atoms. The number of amides is 2. The van der Waals surface area contributed by atoms with Gasteiger partial charge in [0.15, 0.2) is 12.4 Å². The smallest absolute Gasteiger partial charge is 0.326 e. The lowest BCUT2D eigenvalue weighted by atomic mass is 9.45. The Kier molecular flexibility index (Phi) is 11.3. The van der Waals surface area contributed by atoms with E-state index in [-0.39, 0.29) is 61.1 Å². The minimum absolute atomic E-state index is 0.0227. The summed E-state index contributed by atoms with van der Waals surface area (Å²) >= 11 is 0. The summed E-state index contributed by atoms with van der Waals surface area (Å²) in [6.07, 6.45) is 3.98. The van der Waals surface area contributed by atoms with Crippen LogP contribution in [0.1, 0.15) is 91.0 Å². The molecule has 5 N–H and O–H groups in total. The summed E-state index contributed by atoms with van der Waals surface area (Å²) in [5.74, 6) is -4.25. The minimum atomic E-state index is -1.80. The maximum absolute atomic E-state index is 13.6. The molecule has 1 aromatic rings. The van der Waals surface area contributed by atoms with Gasteiger partial charge in [0, 0.05) is 24.7 Å². The van der Waals surface area contributed by atoms with E-state index in [1.807, 2.05) is 6.92 Å². The van der Waals surface area contributed by atoms with E-state index in [1.165, 1.54) is 0 Å². The molecule has 2 amide bonds. The predicted octanol–water partition coefficient (Wildman–Crippen LogP) is 3.07. The summed E-state index contributed by atoms with van der Waals surface area (Å²) in [5, 5.41) is 38.3. The maximum Gasteiger partial charge on any atom is 0.326 e. The van der Waals surface area contributed by atoms with Gasteiger partial charge in [-0.3, -0.25) is 24.0 Å². The number of carboxylic acids is 1. The Balaban J connectivity index is 1.13. The van der Waals surface area contributed by atoms with Crippen molar-refractivity contribution in [1.29, 1.82) is 0 Å². The number of benzene rings is 1. The van der Waals surface area contributed by atoms with Gasteiger partial charge in [0.05, 0.1) is 12.5 Å². The van der Waals surface area contributed by atoms with Crippen LogP contribution in [0.3, 0.4) is 0 Å². The van der Waals surface area contributed by atoms with Gasteiger partial charge in [-0.15, -0.1) is 0 Å². The number of hydrogen-bond donors (Lipinski definition) is 5. The SMILES string of the molecule is CC(C)[C@H](NC(=O)CCC(=O)OCC(=O)[C@]1(O)CC[C@@H]2[C@H]3CCC4=CC(=O)CC[C@]4(C)[C@H]3[C@@H](O)C[C@@]21C)C(=O)N[C@@H](Cc1ccccc1)C(=O)O. The lowest BCUT2D eigenvalue weighted by Crippen LogP contribution is -2.62. The first-order valence-electron chi connectivity index (χ1n) is 18.2. The average Bonchev–Trinajstić information content (AvgIpc) is 3.35. The van der Waals surface area contributed by atoms with Crippen LogP contribution in [0, 0.1) is 34.5 Å².